The van der Waals surface area contributed by atoms with Gasteiger partial charge in [0.05, 0.1) is 7.11 Å². The number of halogens is 1. The van der Waals surface area contributed by atoms with Gasteiger partial charge in [0.2, 0.25) is 12.3 Å². The van der Waals surface area contributed by atoms with Crippen LogP contribution in [-0.4, -0.2) is 17.3 Å². The summed E-state index contributed by atoms with van der Waals surface area (Å²) in [5.74, 6) is 0.922. The molecule has 0 bridgehead atoms. The van der Waals surface area contributed by atoms with E-state index in [4.69, 9.17) is 13.9 Å². The molecule has 5 nitrogen and oxygen atoms in total. The van der Waals surface area contributed by atoms with Crippen molar-refractivity contribution in [3.63, 3.8) is 0 Å². The Morgan fingerprint density at radius 3 is 2.59 bits per heavy atom. The van der Waals surface area contributed by atoms with Gasteiger partial charge in [-0.3, -0.25) is 0 Å². The van der Waals surface area contributed by atoms with E-state index < -0.39 is 5.82 Å². The lowest BCUT2D eigenvalue weighted by atomic mass is 10.2. The van der Waals surface area contributed by atoms with Gasteiger partial charge in [0.1, 0.15) is 12.4 Å². The van der Waals surface area contributed by atoms with E-state index in [1.807, 2.05) is 12.1 Å². The zero-order chi connectivity index (χ0) is 15.4. The Hall–Kier alpha value is -2.89. The molecule has 0 saturated carbocycles. The number of rotatable bonds is 5. The summed E-state index contributed by atoms with van der Waals surface area (Å²) in [6.07, 6.45) is 1.28. The first kappa shape index (κ1) is 14.1. The number of benzene rings is 2. The second kappa shape index (κ2) is 6.26. The van der Waals surface area contributed by atoms with Crippen LogP contribution >= 0.6 is 0 Å². The van der Waals surface area contributed by atoms with E-state index in [1.165, 1.54) is 19.6 Å². The molecule has 0 saturated heterocycles. The van der Waals surface area contributed by atoms with Gasteiger partial charge in [0.15, 0.2) is 11.6 Å². The van der Waals surface area contributed by atoms with Crippen LogP contribution in [0.2, 0.25) is 0 Å². The second-order valence-corrected chi connectivity index (χ2v) is 4.53. The first-order valence-electron chi connectivity index (χ1n) is 6.58. The first-order chi connectivity index (χ1) is 10.8. The highest BCUT2D eigenvalue weighted by atomic mass is 19.1. The Balaban J connectivity index is 1.65. The van der Waals surface area contributed by atoms with E-state index in [9.17, 15) is 4.39 Å². The van der Waals surface area contributed by atoms with E-state index in [0.717, 1.165) is 11.1 Å². The van der Waals surface area contributed by atoms with Crippen molar-refractivity contribution in [1.29, 1.82) is 0 Å². The van der Waals surface area contributed by atoms with E-state index in [-0.39, 0.29) is 12.4 Å². The van der Waals surface area contributed by atoms with E-state index in [2.05, 4.69) is 10.2 Å². The van der Waals surface area contributed by atoms with Crippen molar-refractivity contribution in [3.8, 4) is 23.0 Å². The van der Waals surface area contributed by atoms with Crippen molar-refractivity contribution in [2.75, 3.05) is 7.11 Å². The van der Waals surface area contributed by atoms with Crippen LogP contribution in [0.4, 0.5) is 4.39 Å². The maximum absolute atomic E-state index is 13.6. The van der Waals surface area contributed by atoms with Gasteiger partial charge < -0.3 is 13.9 Å². The molecule has 112 valence electrons. The molecule has 1 heterocycles. The van der Waals surface area contributed by atoms with Crippen LogP contribution in [0.3, 0.4) is 0 Å². The molecule has 0 spiro atoms. The quantitative estimate of drug-likeness (QED) is 0.722. The van der Waals surface area contributed by atoms with Crippen LogP contribution in [0.15, 0.2) is 53.3 Å². The highest BCUT2D eigenvalue weighted by Gasteiger charge is 2.05. The van der Waals surface area contributed by atoms with Gasteiger partial charge in [-0.25, -0.2) is 4.39 Å². The Morgan fingerprint density at radius 2 is 1.95 bits per heavy atom. The Bertz CT molecular complexity index is 743. The average molecular weight is 300 g/mol. The number of hydrogen-bond donors (Lipinski definition) is 0. The normalized spacial score (nSPS) is 10.5. The van der Waals surface area contributed by atoms with Crippen molar-refractivity contribution in [1.82, 2.24) is 10.2 Å². The Labute approximate surface area is 126 Å². The third-order valence-electron chi connectivity index (χ3n) is 3.08. The SMILES string of the molecule is COc1ccc(COc2ccc(-c3nnco3)cc2)cc1F. The summed E-state index contributed by atoms with van der Waals surface area (Å²) in [6, 6.07) is 11.9. The minimum Gasteiger partial charge on any atom is -0.494 e. The minimum absolute atomic E-state index is 0.215. The number of methoxy groups -OCH3 is 1. The summed E-state index contributed by atoms with van der Waals surface area (Å²) in [5, 5.41) is 7.45. The predicted octanol–water partition coefficient (Wildman–Crippen LogP) is 3.46. The highest BCUT2D eigenvalue weighted by Crippen LogP contribution is 2.22. The van der Waals surface area contributed by atoms with E-state index >= 15 is 0 Å². The van der Waals surface area contributed by atoms with Crippen molar-refractivity contribution in [2.45, 2.75) is 6.61 Å². The van der Waals surface area contributed by atoms with Gasteiger partial charge >= 0.3 is 0 Å². The van der Waals surface area contributed by atoms with Gasteiger partial charge in [0.25, 0.3) is 0 Å². The maximum Gasteiger partial charge on any atom is 0.247 e. The minimum atomic E-state index is -0.407. The molecule has 6 heteroatoms. The van der Waals surface area contributed by atoms with Gasteiger partial charge in [-0.2, -0.15) is 0 Å². The summed E-state index contributed by atoms with van der Waals surface area (Å²) < 4.78 is 29.2. The Kier molecular flexibility index (Phi) is 4.00. The molecule has 0 atom stereocenters. The average Bonchev–Trinajstić information content (AvgIpc) is 3.08. The fraction of sp³-hybridized carbons (Fsp3) is 0.125. The molecule has 0 unspecified atom stereocenters. The zero-order valence-electron chi connectivity index (χ0n) is 11.8. The van der Waals surface area contributed by atoms with E-state index in [1.54, 1.807) is 24.3 Å². The summed E-state index contributed by atoms with van der Waals surface area (Å²) >= 11 is 0. The van der Waals surface area contributed by atoms with Gasteiger partial charge in [0, 0.05) is 5.56 Å². The van der Waals surface area contributed by atoms with Crippen molar-refractivity contribution < 1.29 is 18.3 Å². The second-order valence-electron chi connectivity index (χ2n) is 4.53. The molecular formula is C16H13FN2O3. The molecule has 3 aromatic rings. The number of nitrogens with zero attached hydrogens (tertiary/aromatic N) is 2. The third-order valence-corrected chi connectivity index (χ3v) is 3.08. The van der Waals surface area contributed by atoms with Crippen molar-refractivity contribution in [2.24, 2.45) is 0 Å². The largest absolute Gasteiger partial charge is 0.494 e. The smallest absolute Gasteiger partial charge is 0.247 e. The molecule has 0 amide bonds. The number of aromatic nitrogens is 2. The molecule has 0 N–H and O–H groups in total. The van der Waals surface area contributed by atoms with Gasteiger partial charge in [-0.1, -0.05) is 6.07 Å². The molecule has 0 aliphatic carbocycles. The van der Waals surface area contributed by atoms with Crippen LogP contribution in [0, 0.1) is 5.82 Å². The maximum atomic E-state index is 13.6. The summed E-state index contributed by atoms with van der Waals surface area (Å²) in [6.45, 7) is 0.265. The van der Waals surface area contributed by atoms with Crippen molar-refractivity contribution >= 4 is 0 Å². The Morgan fingerprint density at radius 1 is 1.14 bits per heavy atom. The molecule has 0 aliphatic rings. The standard InChI is InChI=1S/C16H13FN2O3/c1-20-15-7-2-11(8-14(15)17)9-21-13-5-3-12(4-6-13)16-19-18-10-22-16/h2-8,10H,9H2,1H3. The van der Waals surface area contributed by atoms with Crippen LogP contribution in [0.25, 0.3) is 11.5 Å². The van der Waals surface area contributed by atoms with Crippen LogP contribution in [-0.2, 0) is 6.61 Å². The fourth-order valence-corrected chi connectivity index (χ4v) is 1.96. The fourth-order valence-electron chi connectivity index (χ4n) is 1.96. The van der Waals surface area contributed by atoms with Crippen LogP contribution in [0.1, 0.15) is 5.56 Å². The van der Waals surface area contributed by atoms with Crippen molar-refractivity contribution in [3.05, 3.63) is 60.2 Å². The topological polar surface area (TPSA) is 57.4 Å². The molecule has 22 heavy (non-hydrogen) atoms. The number of ether oxygens (including phenoxy) is 2. The third kappa shape index (κ3) is 3.06. The van der Waals surface area contributed by atoms with Crippen LogP contribution in [0.5, 0.6) is 11.5 Å². The van der Waals surface area contributed by atoms with Gasteiger partial charge in [-0.15, -0.1) is 10.2 Å². The molecule has 2 aromatic carbocycles. The molecule has 1 aromatic heterocycles. The molecule has 0 aliphatic heterocycles. The molecule has 0 radical (unpaired) electrons. The first-order valence-corrected chi connectivity index (χ1v) is 6.58. The summed E-state index contributed by atoms with van der Waals surface area (Å²) in [4.78, 5) is 0. The highest BCUT2D eigenvalue weighted by molar-refractivity contribution is 5.53. The summed E-state index contributed by atoms with van der Waals surface area (Å²) in [5.41, 5.74) is 1.53. The van der Waals surface area contributed by atoms with Crippen LogP contribution < -0.4 is 9.47 Å². The lowest BCUT2D eigenvalue weighted by molar-refractivity contribution is 0.304. The molecule has 0 fully saturated rings. The zero-order valence-corrected chi connectivity index (χ0v) is 11.8. The predicted molar refractivity (Wildman–Crippen MR) is 77.0 cm³/mol. The lowest BCUT2D eigenvalue weighted by Gasteiger charge is -2.08. The summed E-state index contributed by atoms with van der Waals surface area (Å²) in [7, 11) is 1.43. The van der Waals surface area contributed by atoms with E-state index in [0.29, 0.717) is 11.6 Å². The molecular weight excluding hydrogens is 287 g/mol. The molecule has 3 rings (SSSR count). The van der Waals surface area contributed by atoms with Gasteiger partial charge in [-0.05, 0) is 42.0 Å². The monoisotopic (exact) mass is 300 g/mol. The number of hydrogen-bond acceptors (Lipinski definition) is 5. The lowest BCUT2D eigenvalue weighted by Crippen LogP contribution is -1.97.